The van der Waals surface area contributed by atoms with E-state index in [2.05, 4.69) is 17.0 Å². The minimum absolute atomic E-state index is 0.0741. The minimum atomic E-state index is -4.37. The van der Waals surface area contributed by atoms with Gasteiger partial charge in [-0.2, -0.15) is 18.3 Å². The molecule has 2 atom stereocenters. The molecule has 0 fully saturated rings. The van der Waals surface area contributed by atoms with Gasteiger partial charge in [0.15, 0.2) is 5.54 Å². The van der Waals surface area contributed by atoms with Crippen molar-refractivity contribution in [2.45, 2.75) is 71.6 Å². The lowest BCUT2D eigenvalue weighted by atomic mass is 9.87. The Morgan fingerprint density at radius 3 is 2.62 bits per heavy atom. The van der Waals surface area contributed by atoms with E-state index in [4.69, 9.17) is 0 Å². The van der Waals surface area contributed by atoms with Gasteiger partial charge in [-0.25, -0.2) is 4.68 Å². The normalized spacial score (nSPS) is 23.1. The van der Waals surface area contributed by atoms with Crippen LogP contribution in [0.1, 0.15) is 53.0 Å². The summed E-state index contributed by atoms with van der Waals surface area (Å²) in [6.07, 6.45) is 5.51. The summed E-state index contributed by atoms with van der Waals surface area (Å²) in [5.74, 6) is 0.475. The summed E-state index contributed by atoms with van der Waals surface area (Å²) in [4.78, 5) is 0. The molecule has 0 aromatic carbocycles. The van der Waals surface area contributed by atoms with E-state index in [1.807, 2.05) is 45.9 Å². The number of hydrogen-bond acceptors (Lipinski definition) is 2. The van der Waals surface area contributed by atoms with E-state index in [0.29, 0.717) is 18.7 Å². The zero-order valence-electron chi connectivity index (χ0n) is 16.3. The molecule has 26 heavy (non-hydrogen) atoms. The molecular weight excluding hydrogens is 339 g/mol. The lowest BCUT2D eigenvalue weighted by molar-refractivity contribution is -0.216. The van der Waals surface area contributed by atoms with E-state index in [0.717, 1.165) is 15.8 Å². The highest BCUT2D eigenvalue weighted by Gasteiger charge is 2.57. The molecule has 1 aliphatic heterocycles. The molecule has 3 nitrogen and oxygen atoms in total. The second-order valence-electron chi connectivity index (χ2n) is 6.28. The maximum absolute atomic E-state index is 13.8. The lowest BCUT2D eigenvalue weighted by Gasteiger charge is -2.41. The second kappa shape index (κ2) is 9.10. The predicted molar refractivity (Wildman–Crippen MR) is 102 cm³/mol. The molecule has 0 saturated heterocycles. The maximum atomic E-state index is 13.8. The van der Waals surface area contributed by atoms with E-state index in [9.17, 15) is 13.2 Å². The first-order chi connectivity index (χ1) is 12.3. The third-order valence-electron chi connectivity index (χ3n) is 4.54. The lowest BCUT2D eigenvalue weighted by Crippen LogP contribution is -2.52. The highest BCUT2D eigenvalue weighted by Crippen LogP contribution is 2.46. The Balaban J connectivity index is 0.00000163. The van der Waals surface area contributed by atoms with Crippen molar-refractivity contribution in [3.8, 4) is 0 Å². The van der Waals surface area contributed by atoms with Crippen LogP contribution in [0, 0.1) is 0 Å². The van der Waals surface area contributed by atoms with Gasteiger partial charge < -0.3 is 5.32 Å². The standard InChI is InChI=1S/C18H24F3N3.C2H6/c1-5-8-9-13(6-2)10-15-11-17(4,18(19,20)21)24-16(23-15)14(7-3)12-22-24;1-2/h5-6,8-9,12,15,23H,2,7,10-11H2,1,3-4H3;1-2H3/b8-5-,13-9+;. The number of nitrogens with zero attached hydrogens (tertiary/aromatic N) is 2. The van der Waals surface area contributed by atoms with Gasteiger partial charge in [0.05, 0.1) is 6.20 Å². The summed E-state index contributed by atoms with van der Waals surface area (Å²) >= 11 is 0. The number of anilines is 1. The Morgan fingerprint density at radius 2 is 2.12 bits per heavy atom. The molecule has 1 aromatic heterocycles. The van der Waals surface area contributed by atoms with E-state index < -0.39 is 11.7 Å². The van der Waals surface area contributed by atoms with Crippen molar-refractivity contribution in [1.29, 1.82) is 0 Å². The average molecular weight is 369 g/mol. The second-order valence-corrected chi connectivity index (χ2v) is 6.28. The fourth-order valence-corrected chi connectivity index (χ4v) is 3.06. The molecule has 6 heteroatoms. The third kappa shape index (κ3) is 4.40. The highest BCUT2D eigenvalue weighted by atomic mass is 19.4. The van der Waals surface area contributed by atoms with Crippen LogP contribution in [0.3, 0.4) is 0 Å². The molecule has 2 unspecified atom stereocenters. The molecule has 0 amide bonds. The third-order valence-corrected chi connectivity index (χ3v) is 4.54. The fourth-order valence-electron chi connectivity index (χ4n) is 3.06. The van der Waals surface area contributed by atoms with Crippen LogP contribution in [0.2, 0.25) is 0 Å². The van der Waals surface area contributed by atoms with E-state index in [1.54, 1.807) is 6.08 Å². The molecule has 1 aliphatic rings. The van der Waals surface area contributed by atoms with Crippen molar-refractivity contribution >= 4 is 5.82 Å². The first-order valence-electron chi connectivity index (χ1n) is 9.11. The van der Waals surface area contributed by atoms with Gasteiger partial charge in [0.2, 0.25) is 0 Å². The van der Waals surface area contributed by atoms with Crippen molar-refractivity contribution in [3.63, 3.8) is 0 Å². The Hall–Kier alpha value is -1.98. The van der Waals surface area contributed by atoms with Crippen molar-refractivity contribution in [2.24, 2.45) is 0 Å². The summed E-state index contributed by atoms with van der Waals surface area (Å²) in [7, 11) is 0. The van der Waals surface area contributed by atoms with E-state index in [1.165, 1.54) is 13.1 Å². The topological polar surface area (TPSA) is 29.9 Å². The van der Waals surface area contributed by atoms with Crippen LogP contribution in [0.25, 0.3) is 0 Å². The van der Waals surface area contributed by atoms with Gasteiger partial charge in [-0.1, -0.05) is 51.7 Å². The number of aromatic nitrogens is 2. The van der Waals surface area contributed by atoms with Gasteiger partial charge in [-0.15, -0.1) is 0 Å². The van der Waals surface area contributed by atoms with Gasteiger partial charge >= 0.3 is 6.18 Å². The molecule has 146 valence electrons. The van der Waals surface area contributed by atoms with Crippen molar-refractivity contribution in [2.75, 3.05) is 5.32 Å². The maximum Gasteiger partial charge on any atom is 0.413 e. The Labute approximate surface area is 154 Å². The SMILES string of the molecule is C=C/C(=C\C=C/C)CC1CC(C)(C(F)(F)F)n2ncc(CC)c2N1.CC. The number of allylic oxidation sites excluding steroid dienone is 4. The Bertz CT molecular complexity index is 656. The van der Waals surface area contributed by atoms with Gasteiger partial charge in [-0.3, -0.25) is 0 Å². The molecule has 0 radical (unpaired) electrons. The van der Waals surface area contributed by atoms with Crippen LogP contribution in [0.15, 0.2) is 42.7 Å². The molecule has 2 heterocycles. The number of aryl methyl sites for hydroxylation is 1. The summed E-state index contributed by atoms with van der Waals surface area (Å²) in [6.45, 7) is 12.8. The Morgan fingerprint density at radius 1 is 1.46 bits per heavy atom. The minimum Gasteiger partial charge on any atom is -0.367 e. The average Bonchev–Trinajstić information content (AvgIpc) is 3.03. The largest absolute Gasteiger partial charge is 0.413 e. The number of hydrogen-bond donors (Lipinski definition) is 1. The number of nitrogens with one attached hydrogen (secondary N) is 1. The first kappa shape index (κ1) is 22.1. The number of rotatable bonds is 5. The molecule has 2 rings (SSSR count). The summed E-state index contributed by atoms with van der Waals surface area (Å²) in [6, 6.07) is -0.333. The number of fused-ring (bicyclic) bond motifs is 1. The van der Waals surface area contributed by atoms with Gasteiger partial charge in [0.25, 0.3) is 0 Å². The van der Waals surface area contributed by atoms with Gasteiger partial charge in [-0.05, 0) is 32.3 Å². The van der Waals surface area contributed by atoms with Crippen LogP contribution in [-0.4, -0.2) is 22.0 Å². The van der Waals surface area contributed by atoms with Crippen molar-refractivity contribution in [1.82, 2.24) is 9.78 Å². The van der Waals surface area contributed by atoms with Gasteiger partial charge in [0, 0.05) is 18.0 Å². The summed E-state index contributed by atoms with van der Waals surface area (Å²) < 4.78 is 42.4. The summed E-state index contributed by atoms with van der Waals surface area (Å²) in [5, 5.41) is 7.27. The van der Waals surface area contributed by atoms with E-state index >= 15 is 0 Å². The van der Waals surface area contributed by atoms with Crippen LogP contribution in [0.5, 0.6) is 0 Å². The zero-order chi connectivity index (χ0) is 20.0. The van der Waals surface area contributed by atoms with Crippen molar-refractivity contribution < 1.29 is 13.2 Å². The fraction of sp³-hybridized carbons (Fsp3) is 0.550. The first-order valence-corrected chi connectivity index (χ1v) is 9.11. The monoisotopic (exact) mass is 369 g/mol. The number of halogens is 3. The van der Waals surface area contributed by atoms with E-state index in [-0.39, 0.29) is 12.5 Å². The zero-order valence-corrected chi connectivity index (χ0v) is 16.3. The molecular formula is C20H30F3N3. The summed E-state index contributed by atoms with van der Waals surface area (Å²) in [5.41, 5.74) is -0.313. The van der Waals surface area contributed by atoms with Crippen LogP contribution >= 0.6 is 0 Å². The molecule has 1 aromatic rings. The predicted octanol–water partition coefficient (Wildman–Crippen LogP) is 6.01. The molecule has 0 aliphatic carbocycles. The quantitative estimate of drug-likeness (QED) is 0.644. The van der Waals surface area contributed by atoms with Crippen LogP contribution in [0.4, 0.5) is 19.0 Å². The molecule has 0 saturated carbocycles. The number of alkyl halides is 3. The van der Waals surface area contributed by atoms with Crippen LogP contribution < -0.4 is 5.32 Å². The molecule has 1 N–H and O–H groups in total. The Kier molecular flexibility index (Phi) is 7.72. The van der Waals surface area contributed by atoms with Crippen LogP contribution in [-0.2, 0) is 12.0 Å². The smallest absolute Gasteiger partial charge is 0.367 e. The molecule has 0 spiro atoms. The highest BCUT2D eigenvalue weighted by molar-refractivity contribution is 5.48. The van der Waals surface area contributed by atoms with Crippen molar-refractivity contribution in [3.05, 3.63) is 48.2 Å². The molecule has 0 bridgehead atoms. The van der Waals surface area contributed by atoms with Gasteiger partial charge in [0.1, 0.15) is 5.82 Å².